The molecule has 8 heteroatoms. The molecule has 1 aromatic rings. The van der Waals surface area contributed by atoms with Crippen molar-refractivity contribution in [2.24, 2.45) is 0 Å². The largest absolute Gasteiger partial charge is 0.341 e. The second kappa shape index (κ2) is 5.55. The lowest BCUT2D eigenvalue weighted by atomic mass is 10.7. The molecular formula is C6H8N4O2S2. The third-order valence-electron chi connectivity index (χ3n) is 1.15. The molecule has 0 saturated heterocycles. The number of hydrogen-bond donors (Lipinski definition) is 2. The molecule has 6 nitrogen and oxygen atoms in total. The van der Waals surface area contributed by atoms with Crippen molar-refractivity contribution >= 4 is 35.0 Å². The maximum Gasteiger partial charge on any atom is 0.321 e. The molecule has 2 N–H and O–H groups in total. The number of aromatic nitrogens is 2. The minimum absolute atomic E-state index is 0.155. The lowest BCUT2D eigenvalue weighted by Gasteiger charge is -2.00. The number of imide groups is 1. The summed E-state index contributed by atoms with van der Waals surface area (Å²) in [5.41, 5.74) is 1.58. The first kappa shape index (κ1) is 10.9. The van der Waals surface area contributed by atoms with E-state index >= 15 is 0 Å². The molecule has 0 aliphatic heterocycles. The smallest absolute Gasteiger partial charge is 0.321 e. The van der Waals surface area contributed by atoms with Crippen LogP contribution in [0.1, 0.15) is 0 Å². The predicted molar refractivity (Wildman–Crippen MR) is 53.2 cm³/mol. The second-order valence-corrected chi connectivity index (χ2v) is 4.18. The van der Waals surface area contributed by atoms with Crippen LogP contribution < -0.4 is 10.6 Å². The first-order valence-corrected chi connectivity index (χ1v) is 5.49. The Balaban J connectivity index is 2.25. The molecule has 0 bridgehead atoms. The van der Waals surface area contributed by atoms with Gasteiger partial charge in [0.25, 0.3) is 0 Å². The molecule has 0 unspecified atom stereocenters. The van der Waals surface area contributed by atoms with Crippen molar-refractivity contribution in [2.75, 3.05) is 12.8 Å². The van der Waals surface area contributed by atoms with Gasteiger partial charge in [0.1, 0.15) is 5.51 Å². The third kappa shape index (κ3) is 3.71. The summed E-state index contributed by atoms with van der Waals surface area (Å²) < 4.78 is 0.706. The minimum Gasteiger partial charge on any atom is -0.341 e. The number of nitrogens with one attached hydrogen (secondary N) is 2. The lowest BCUT2D eigenvalue weighted by Crippen LogP contribution is -2.38. The molecule has 76 valence electrons. The van der Waals surface area contributed by atoms with Gasteiger partial charge in [-0.2, -0.15) is 0 Å². The van der Waals surface area contributed by atoms with Crippen LogP contribution in [0.5, 0.6) is 0 Å². The van der Waals surface area contributed by atoms with Crippen molar-refractivity contribution in [1.82, 2.24) is 20.8 Å². The SMILES string of the molecule is CNC(=O)NC(=O)CSc1nncs1. The highest BCUT2D eigenvalue weighted by Crippen LogP contribution is 2.17. The number of nitrogens with zero attached hydrogens (tertiary/aromatic N) is 2. The zero-order valence-electron chi connectivity index (χ0n) is 7.31. The monoisotopic (exact) mass is 232 g/mol. The van der Waals surface area contributed by atoms with Crippen molar-refractivity contribution in [1.29, 1.82) is 0 Å². The Labute approximate surface area is 88.5 Å². The molecular weight excluding hydrogens is 224 g/mol. The minimum atomic E-state index is -0.507. The highest BCUT2D eigenvalue weighted by Gasteiger charge is 2.07. The number of hydrogen-bond acceptors (Lipinski definition) is 6. The average molecular weight is 232 g/mol. The summed E-state index contributed by atoms with van der Waals surface area (Å²) in [6.45, 7) is 0. The molecule has 1 heterocycles. The Morgan fingerprint density at radius 1 is 1.64 bits per heavy atom. The van der Waals surface area contributed by atoms with Gasteiger partial charge in [-0.3, -0.25) is 10.1 Å². The summed E-state index contributed by atoms with van der Waals surface area (Å²) in [5, 5.41) is 11.8. The molecule has 14 heavy (non-hydrogen) atoms. The highest BCUT2D eigenvalue weighted by atomic mass is 32.2. The van der Waals surface area contributed by atoms with Crippen LogP contribution in [0, 0.1) is 0 Å². The molecule has 0 aliphatic carbocycles. The van der Waals surface area contributed by atoms with E-state index in [1.807, 2.05) is 0 Å². The maximum atomic E-state index is 11.1. The van der Waals surface area contributed by atoms with Crippen molar-refractivity contribution in [3.63, 3.8) is 0 Å². The molecule has 1 aromatic heterocycles. The number of amides is 3. The Morgan fingerprint density at radius 2 is 2.43 bits per heavy atom. The summed E-state index contributed by atoms with van der Waals surface area (Å²) in [5.74, 6) is -0.202. The molecule has 3 amide bonds. The van der Waals surface area contributed by atoms with Gasteiger partial charge in [0.05, 0.1) is 5.75 Å². The van der Waals surface area contributed by atoms with Gasteiger partial charge in [-0.05, 0) is 0 Å². The van der Waals surface area contributed by atoms with Crippen LogP contribution in [0.15, 0.2) is 9.85 Å². The standard InChI is InChI=1S/C6H8N4O2S2/c1-7-5(12)9-4(11)2-13-6-10-8-3-14-6/h3H,2H2,1H3,(H2,7,9,11,12). The van der Waals surface area contributed by atoms with E-state index in [0.29, 0.717) is 4.34 Å². The Kier molecular flexibility index (Phi) is 4.33. The molecule has 0 fully saturated rings. The van der Waals surface area contributed by atoms with Gasteiger partial charge >= 0.3 is 6.03 Å². The van der Waals surface area contributed by atoms with E-state index in [1.54, 1.807) is 5.51 Å². The van der Waals surface area contributed by atoms with Gasteiger partial charge < -0.3 is 5.32 Å². The van der Waals surface area contributed by atoms with E-state index in [1.165, 1.54) is 30.1 Å². The van der Waals surface area contributed by atoms with Crippen LogP contribution in [0.4, 0.5) is 4.79 Å². The summed E-state index contributed by atoms with van der Waals surface area (Å²) in [6.07, 6.45) is 0. The molecule has 0 spiro atoms. The van der Waals surface area contributed by atoms with E-state index in [9.17, 15) is 9.59 Å². The maximum absolute atomic E-state index is 11.1. The Bertz CT molecular complexity index is 314. The van der Waals surface area contributed by atoms with Crippen LogP contribution in [-0.4, -0.2) is 34.9 Å². The number of carbonyl (C=O) groups is 2. The molecule has 0 aliphatic rings. The van der Waals surface area contributed by atoms with Crippen LogP contribution in [0.2, 0.25) is 0 Å². The lowest BCUT2D eigenvalue weighted by molar-refractivity contribution is -0.117. The number of thioether (sulfide) groups is 1. The van der Waals surface area contributed by atoms with Crippen molar-refractivity contribution in [3.8, 4) is 0 Å². The predicted octanol–water partition coefficient (Wildman–Crippen LogP) is 0.0858. The fraction of sp³-hybridized carbons (Fsp3) is 0.333. The summed E-state index contributed by atoms with van der Waals surface area (Å²) in [6, 6.07) is -0.507. The molecule has 0 radical (unpaired) electrons. The van der Waals surface area contributed by atoms with Crippen molar-refractivity contribution < 1.29 is 9.59 Å². The van der Waals surface area contributed by atoms with Crippen LogP contribution in [0.25, 0.3) is 0 Å². The first-order chi connectivity index (χ1) is 6.72. The summed E-state index contributed by atoms with van der Waals surface area (Å²) in [4.78, 5) is 21.8. The van der Waals surface area contributed by atoms with Gasteiger partial charge in [-0.25, -0.2) is 4.79 Å². The normalized spacial score (nSPS) is 9.50. The van der Waals surface area contributed by atoms with E-state index in [-0.39, 0.29) is 11.7 Å². The Morgan fingerprint density at radius 3 is 3.00 bits per heavy atom. The van der Waals surface area contributed by atoms with E-state index < -0.39 is 6.03 Å². The van der Waals surface area contributed by atoms with Gasteiger partial charge in [-0.1, -0.05) is 23.1 Å². The summed E-state index contributed by atoms with van der Waals surface area (Å²) in [7, 11) is 1.44. The van der Waals surface area contributed by atoms with Gasteiger partial charge in [0, 0.05) is 7.05 Å². The van der Waals surface area contributed by atoms with Crippen molar-refractivity contribution in [2.45, 2.75) is 4.34 Å². The quantitative estimate of drug-likeness (QED) is 0.721. The summed E-state index contributed by atoms with van der Waals surface area (Å²) >= 11 is 2.59. The molecule has 1 rings (SSSR count). The van der Waals surface area contributed by atoms with Crippen molar-refractivity contribution in [3.05, 3.63) is 5.51 Å². The van der Waals surface area contributed by atoms with Gasteiger partial charge in [0.2, 0.25) is 5.91 Å². The van der Waals surface area contributed by atoms with Crippen LogP contribution in [0.3, 0.4) is 0 Å². The first-order valence-electron chi connectivity index (χ1n) is 3.63. The molecule has 0 aromatic carbocycles. The number of carbonyl (C=O) groups excluding carboxylic acids is 2. The average Bonchev–Trinajstić information content (AvgIpc) is 2.67. The zero-order chi connectivity index (χ0) is 10.4. The topological polar surface area (TPSA) is 84.0 Å². The highest BCUT2D eigenvalue weighted by molar-refractivity contribution is 8.01. The fourth-order valence-electron chi connectivity index (χ4n) is 0.578. The third-order valence-corrected chi connectivity index (χ3v) is 3.01. The van der Waals surface area contributed by atoms with E-state index in [0.717, 1.165) is 0 Å². The zero-order valence-corrected chi connectivity index (χ0v) is 8.94. The van der Waals surface area contributed by atoms with Gasteiger partial charge in [-0.15, -0.1) is 10.2 Å². The second-order valence-electron chi connectivity index (χ2n) is 2.12. The fourth-order valence-corrected chi connectivity index (χ4v) is 1.87. The number of urea groups is 1. The van der Waals surface area contributed by atoms with Crippen LogP contribution in [-0.2, 0) is 4.79 Å². The Hall–Kier alpha value is -1.15. The van der Waals surface area contributed by atoms with Crippen LogP contribution >= 0.6 is 23.1 Å². The van der Waals surface area contributed by atoms with E-state index in [2.05, 4.69) is 20.8 Å². The van der Waals surface area contributed by atoms with E-state index in [4.69, 9.17) is 0 Å². The number of rotatable bonds is 3. The molecule has 0 saturated carbocycles. The molecule has 0 atom stereocenters. The van der Waals surface area contributed by atoms with Gasteiger partial charge in [0.15, 0.2) is 4.34 Å².